The average Bonchev–Trinajstić information content (AvgIpc) is 3.25. The van der Waals surface area contributed by atoms with Gasteiger partial charge in [-0.15, -0.1) is 0 Å². The minimum Gasteiger partial charge on any atom is -0.487 e. The Morgan fingerprint density at radius 3 is 2.47 bits per heavy atom. The summed E-state index contributed by atoms with van der Waals surface area (Å²) in [7, 11) is 2.52. The van der Waals surface area contributed by atoms with Crippen molar-refractivity contribution < 1.29 is 33.2 Å². The number of aliphatic imine (C=N–C) groups is 1. The Labute approximate surface area is 183 Å². The number of primary amides is 1. The number of rotatable bonds is 7. The molecule has 2 atom stereocenters. The molecule has 0 fully saturated rings. The first kappa shape index (κ1) is 22.7. The van der Waals surface area contributed by atoms with E-state index < -0.39 is 29.7 Å². The Morgan fingerprint density at radius 2 is 1.81 bits per heavy atom. The minimum absolute atomic E-state index is 0.109. The Kier molecular flexibility index (Phi) is 6.67. The van der Waals surface area contributed by atoms with Crippen molar-refractivity contribution in [2.24, 2.45) is 16.6 Å². The van der Waals surface area contributed by atoms with Gasteiger partial charge in [-0.2, -0.15) is 0 Å². The number of hydrogen-bond acceptors (Lipinski definition) is 10. The van der Waals surface area contributed by atoms with Crippen LogP contribution < -0.4 is 10.5 Å². The number of hydrogen-bond donors (Lipinski definition) is 1. The van der Waals surface area contributed by atoms with Crippen LogP contribution in [0.15, 0.2) is 45.2 Å². The fourth-order valence-electron chi connectivity index (χ4n) is 3.68. The van der Waals surface area contributed by atoms with Crippen LogP contribution in [0.1, 0.15) is 41.5 Å². The van der Waals surface area contributed by atoms with Gasteiger partial charge in [0.2, 0.25) is 0 Å². The number of ether oxygens (including phenoxy) is 3. The van der Waals surface area contributed by atoms with Gasteiger partial charge in [-0.25, -0.2) is 9.42 Å². The van der Waals surface area contributed by atoms with Crippen LogP contribution in [0, 0.1) is 5.92 Å². The lowest BCUT2D eigenvalue weighted by Crippen LogP contribution is -2.36. The number of methoxy groups -OCH3 is 2. The Bertz CT molecular complexity index is 1120. The maximum atomic E-state index is 12.7. The molecule has 2 unspecified atom stereocenters. The molecule has 1 amide bonds. The van der Waals surface area contributed by atoms with Crippen molar-refractivity contribution in [3.05, 3.63) is 52.5 Å². The standard InChI is InChI=1S/C21H22N4O7/c1-10-15(20(27)29-3)17(16(11(2)23-10)21(28)30-4)12-7-5-6-8-14(12)31-9-13-18(19(22)26)25-32-24-13/h5-8,15,17H,9H2,1-4H3,(H2,22,26). The smallest absolute Gasteiger partial charge is 0.336 e. The second kappa shape index (κ2) is 9.41. The molecular formula is C21H22N4O7. The molecule has 2 heterocycles. The molecule has 1 aromatic carbocycles. The highest BCUT2D eigenvalue weighted by Gasteiger charge is 2.43. The lowest BCUT2D eigenvalue weighted by atomic mass is 9.75. The van der Waals surface area contributed by atoms with Crippen molar-refractivity contribution in [1.29, 1.82) is 0 Å². The molecule has 0 spiro atoms. The van der Waals surface area contributed by atoms with Crippen LogP contribution >= 0.6 is 0 Å². The highest BCUT2D eigenvalue weighted by atomic mass is 16.6. The zero-order chi connectivity index (χ0) is 23.4. The van der Waals surface area contributed by atoms with Gasteiger partial charge in [0.15, 0.2) is 11.4 Å². The lowest BCUT2D eigenvalue weighted by molar-refractivity contribution is -0.143. The van der Waals surface area contributed by atoms with Gasteiger partial charge in [0.05, 0.1) is 19.8 Å². The largest absolute Gasteiger partial charge is 0.487 e. The van der Waals surface area contributed by atoms with Gasteiger partial charge in [-0.3, -0.25) is 14.6 Å². The molecule has 11 nitrogen and oxygen atoms in total. The quantitative estimate of drug-likeness (QED) is 0.628. The van der Waals surface area contributed by atoms with E-state index in [0.29, 0.717) is 22.7 Å². The third-order valence-electron chi connectivity index (χ3n) is 5.10. The first-order valence-corrected chi connectivity index (χ1v) is 9.55. The van der Waals surface area contributed by atoms with Gasteiger partial charge >= 0.3 is 11.9 Å². The molecule has 32 heavy (non-hydrogen) atoms. The van der Waals surface area contributed by atoms with Gasteiger partial charge in [0.1, 0.15) is 18.3 Å². The molecule has 0 saturated heterocycles. The highest BCUT2D eigenvalue weighted by molar-refractivity contribution is 6.07. The molecule has 1 aliphatic heterocycles. The van der Waals surface area contributed by atoms with E-state index in [1.54, 1.807) is 38.1 Å². The van der Waals surface area contributed by atoms with E-state index in [1.807, 2.05) is 0 Å². The number of carbonyl (C=O) groups excluding carboxylic acids is 3. The summed E-state index contributed by atoms with van der Waals surface area (Å²) in [5.41, 5.74) is 6.86. The molecule has 168 valence electrons. The van der Waals surface area contributed by atoms with Crippen molar-refractivity contribution >= 4 is 23.6 Å². The molecule has 11 heteroatoms. The summed E-state index contributed by atoms with van der Waals surface area (Å²) < 4.78 is 20.4. The number of allylic oxidation sites excluding steroid dienone is 1. The summed E-state index contributed by atoms with van der Waals surface area (Å²) in [5, 5.41) is 7.11. The zero-order valence-electron chi connectivity index (χ0n) is 17.9. The van der Waals surface area contributed by atoms with E-state index >= 15 is 0 Å². The maximum Gasteiger partial charge on any atom is 0.336 e. The number of aromatic nitrogens is 2. The second-order valence-electron chi connectivity index (χ2n) is 6.97. The van der Waals surface area contributed by atoms with Crippen LogP contribution in [0.4, 0.5) is 0 Å². The number of para-hydroxylation sites is 1. The van der Waals surface area contributed by atoms with Gasteiger partial charge < -0.3 is 19.9 Å². The molecule has 0 bridgehead atoms. The minimum atomic E-state index is -0.877. The predicted octanol–water partition coefficient (Wildman–Crippen LogP) is 1.54. The summed E-state index contributed by atoms with van der Waals surface area (Å²) in [5.74, 6) is -3.31. The predicted molar refractivity (Wildman–Crippen MR) is 110 cm³/mol. The van der Waals surface area contributed by atoms with Crippen LogP contribution in [0.25, 0.3) is 0 Å². The van der Waals surface area contributed by atoms with Crippen LogP contribution in [0.3, 0.4) is 0 Å². The average molecular weight is 442 g/mol. The second-order valence-corrected chi connectivity index (χ2v) is 6.97. The Balaban J connectivity index is 2.08. The number of carbonyl (C=O) groups is 3. The lowest BCUT2D eigenvalue weighted by Gasteiger charge is -2.32. The molecule has 2 aromatic rings. The summed E-state index contributed by atoms with van der Waals surface area (Å²) in [6, 6.07) is 6.85. The van der Waals surface area contributed by atoms with E-state index in [0.717, 1.165) is 0 Å². The van der Waals surface area contributed by atoms with E-state index in [4.69, 9.17) is 19.9 Å². The maximum absolute atomic E-state index is 12.7. The van der Waals surface area contributed by atoms with Crippen molar-refractivity contribution in [3.8, 4) is 5.75 Å². The molecule has 2 N–H and O–H groups in total. The van der Waals surface area contributed by atoms with Crippen LogP contribution in [-0.4, -0.2) is 48.1 Å². The first-order chi connectivity index (χ1) is 15.3. The van der Waals surface area contributed by atoms with E-state index in [9.17, 15) is 14.4 Å². The molecule has 0 aliphatic carbocycles. The monoisotopic (exact) mass is 442 g/mol. The third-order valence-corrected chi connectivity index (χ3v) is 5.10. The molecule has 0 radical (unpaired) electrons. The molecule has 1 aliphatic rings. The van der Waals surface area contributed by atoms with Crippen molar-refractivity contribution in [3.63, 3.8) is 0 Å². The number of amides is 1. The number of benzene rings is 1. The van der Waals surface area contributed by atoms with Crippen LogP contribution in [-0.2, 0) is 25.7 Å². The number of nitrogens with zero attached hydrogens (tertiary/aromatic N) is 3. The Hall–Kier alpha value is -4.02. The van der Waals surface area contributed by atoms with E-state index in [-0.39, 0.29) is 23.6 Å². The fraction of sp³-hybridized carbons (Fsp3) is 0.333. The van der Waals surface area contributed by atoms with E-state index in [2.05, 4.69) is 19.9 Å². The summed E-state index contributed by atoms with van der Waals surface area (Å²) in [6.45, 7) is 3.17. The first-order valence-electron chi connectivity index (χ1n) is 9.55. The fourth-order valence-corrected chi connectivity index (χ4v) is 3.68. The van der Waals surface area contributed by atoms with Gasteiger partial charge in [-0.05, 0) is 25.1 Å². The third kappa shape index (κ3) is 4.22. The molecule has 1 aromatic heterocycles. The number of esters is 2. The van der Waals surface area contributed by atoms with E-state index in [1.165, 1.54) is 14.2 Å². The molecular weight excluding hydrogens is 420 g/mol. The normalized spacial score (nSPS) is 18.1. The molecule has 3 rings (SSSR count). The zero-order valence-corrected chi connectivity index (χ0v) is 17.9. The summed E-state index contributed by atoms with van der Waals surface area (Å²) >= 11 is 0. The summed E-state index contributed by atoms with van der Waals surface area (Å²) in [6.07, 6.45) is 0. The summed E-state index contributed by atoms with van der Waals surface area (Å²) in [4.78, 5) is 41.2. The van der Waals surface area contributed by atoms with Gasteiger partial charge in [0, 0.05) is 22.9 Å². The molecule has 0 saturated carbocycles. The van der Waals surface area contributed by atoms with Crippen LogP contribution in [0.5, 0.6) is 5.75 Å². The highest BCUT2D eigenvalue weighted by Crippen LogP contribution is 2.43. The Morgan fingerprint density at radius 1 is 1.09 bits per heavy atom. The van der Waals surface area contributed by atoms with Crippen molar-refractivity contribution in [2.45, 2.75) is 26.4 Å². The van der Waals surface area contributed by atoms with Gasteiger partial charge in [0.25, 0.3) is 5.91 Å². The van der Waals surface area contributed by atoms with Gasteiger partial charge in [-0.1, -0.05) is 23.4 Å². The SMILES string of the molecule is COC(=O)C1=C(C)N=C(C)C(C(=O)OC)C1c1ccccc1OCc1nonc1C(N)=O. The van der Waals surface area contributed by atoms with Crippen LogP contribution in [0.2, 0.25) is 0 Å². The van der Waals surface area contributed by atoms with Crippen molar-refractivity contribution in [2.75, 3.05) is 14.2 Å². The number of nitrogens with two attached hydrogens (primary N) is 1. The topological polar surface area (TPSA) is 156 Å². The van der Waals surface area contributed by atoms with Crippen molar-refractivity contribution in [1.82, 2.24) is 10.3 Å².